The highest BCUT2D eigenvalue weighted by molar-refractivity contribution is 5.96. The number of carboxylic acids is 2. The molecule has 13 nitrogen and oxygen atoms in total. The zero-order valence-corrected chi connectivity index (χ0v) is 18.9. The van der Waals surface area contributed by atoms with Crippen LogP contribution in [-0.4, -0.2) is 76.5 Å². The summed E-state index contributed by atoms with van der Waals surface area (Å²) in [6, 6.07) is 3.47. The van der Waals surface area contributed by atoms with Crippen molar-refractivity contribution in [1.82, 2.24) is 21.3 Å². The molecule has 1 aromatic carbocycles. The number of nitrogens with one attached hydrogen (secondary N) is 4. The highest BCUT2D eigenvalue weighted by Gasteiger charge is 2.33. The molecular formula is C22H29N5O8. The second-order valence-corrected chi connectivity index (χ2v) is 8.13. The van der Waals surface area contributed by atoms with Gasteiger partial charge < -0.3 is 37.2 Å². The Morgan fingerprint density at radius 3 is 2.09 bits per heavy atom. The van der Waals surface area contributed by atoms with Gasteiger partial charge in [-0.15, -0.1) is 0 Å². The van der Waals surface area contributed by atoms with Gasteiger partial charge in [0.1, 0.15) is 18.1 Å². The van der Waals surface area contributed by atoms with Crippen LogP contribution in [0.2, 0.25) is 0 Å². The molecule has 4 unspecified atom stereocenters. The van der Waals surface area contributed by atoms with Gasteiger partial charge in [-0.25, -0.2) is 4.79 Å². The summed E-state index contributed by atoms with van der Waals surface area (Å²) in [5.41, 5.74) is 5.66. The highest BCUT2D eigenvalue weighted by Crippen LogP contribution is 2.08. The minimum Gasteiger partial charge on any atom is -0.481 e. The number of carbonyl (C=O) groups excluding carboxylic acids is 4. The molecule has 4 atom stereocenters. The SMILES string of the molecule is NC(=O)CC(NC(=O)C(Cc1ccccc1)NC(=O)C(CC(=O)O)NC(=O)C1CCCN1)C(=O)O. The van der Waals surface area contributed by atoms with E-state index < -0.39 is 72.6 Å². The Morgan fingerprint density at radius 2 is 1.54 bits per heavy atom. The minimum atomic E-state index is -1.63. The summed E-state index contributed by atoms with van der Waals surface area (Å²) in [5.74, 6) is -6.19. The van der Waals surface area contributed by atoms with Gasteiger partial charge in [0.05, 0.1) is 18.9 Å². The predicted molar refractivity (Wildman–Crippen MR) is 121 cm³/mol. The average Bonchev–Trinajstić information content (AvgIpc) is 3.33. The van der Waals surface area contributed by atoms with Crippen LogP contribution in [0.25, 0.3) is 0 Å². The first-order valence-electron chi connectivity index (χ1n) is 11.0. The summed E-state index contributed by atoms with van der Waals surface area (Å²) in [5, 5.41) is 28.4. The molecule has 190 valence electrons. The Bertz CT molecular complexity index is 948. The number of nitrogens with two attached hydrogens (primary N) is 1. The molecule has 1 fully saturated rings. The second-order valence-electron chi connectivity index (χ2n) is 8.13. The Kier molecular flexibility index (Phi) is 10.1. The van der Waals surface area contributed by atoms with Crippen molar-refractivity contribution in [2.24, 2.45) is 5.73 Å². The van der Waals surface area contributed by atoms with Crippen molar-refractivity contribution in [2.75, 3.05) is 6.54 Å². The molecule has 1 heterocycles. The lowest BCUT2D eigenvalue weighted by atomic mass is 10.0. The first-order chi connectivity index (χ1) is 16.6. The summed E-state index contributed by atoms with van der Waals surface area (Å²) in [6.07, 6.45) is -0.187. The van der Waals surface area contributed by atoms with E-state index in [1.165, 1.54) is 0 Å². The smallest absolute Gasteiger partial charge is 0.326 e. The van der Waals surface area contributed by atoms with Crippen molar-refractivity contribution in [3.8, 4) is 0 Å². The fourth-order valence-corrected chi connectivity index (χ4v) is 3.57. The maximum absolute atomic E-state index is 13.0. The average molecular weight is 492 g/mol. The van der Waals surface area contributed by atoms with E-state index in [0.29, 0.717) is 18.5 Å². The van der Waals surface area contributed by atoms with Crippen LogP contribution in [0.15, 0.2) is 30.3 Å². The third kappa shape index (κ3) is 9.04. The van der Waals surface area contributed by atoms with Crippen LogP contribution < -0.4 is 27.0 Å². The summed E-state index contributed by atoms with van der Waals surface area (Å²) in [7, 11) is 0. The maximum Gasteiger partial charge on any atom is 0.326 e. The lowest BCUT2D eigenvalue weighted by Gasteiger charge is -2.24. The van der Waals surface area contributed by atoms with Crippen LogP contribution in [0.4, 0.5) is 0 Å². The molecule has 0 saturated carbocycles. The van der Waals surface area contributed by atoms with Crippen LogP contribution in [0, 0.1) is 0 Å². The zero-order valence-electron chi connectivity index (χ0n) is 18.9. The van der Waals surface area contributed by atoms with Crippen molar-refractivity contribution >= 4 is 35.6 Å². The minimum absolute atomic E-state index is 0.0702. The number of carbonyl (C=O) groups is 6. The topological polar surface area (TPSA) is 217 Å². The predicted octanol–water partition coefficient (Wildman–Crippen LogP) is -2.13. The lowest BCUT2D eigenvalue weighted by Crippen LogP contribution is -2.58. The molecule has 1 aliphatic heterocycles. The molecule has 4 amide bonds. The molecule has 35 heavy (non-hydrogen) atoms. The molecule has 0 aliphatic carbocycles. The molecule has 1 aliphatic rings. The Morgan fingerprint density at radius 1 is 0.914 bits per heavy atom. The first-order valence-corrected chi connectivity index (χ1v) is 11.0. The number of carboxylic acid groups (broad SMARTS) is 2. The van der Waals surface area contributed by atoms with Gasteiger partial charge in [0, 0.05) is 6.42 Å². The van der Waals surface area contributed by atoms with Crippen molar-refractivity contribution < 1.29 is 39.0 Å². The van der Waals surface area contributed by atoms with Crippen molar-refractivity contribution in [1.29, 1.82) is 0 Å². The van der Waals surface area contributed by atoms with E-state index in [1.54, 1.807) is 30.3 Å². The first kappa shape index (κ1) is 27.2. The zero-order chi connectivity index (χ0) is 26.0. The molecule has 0 aromatic heterocycles. The fraction of sp³-hybridized carbons (Fsp3) is 0.455. The van der Waals surface area contributed by atoms with E-state index in [1.807, 2.05) is 0 Å². The Balaban J connectivity index is 2.20. The summed E-state index contributed by atoms with van der Waals surface area (Å²) in [4.78, 5) is 72.2. The molecule has 0 spiro atoms. The summed E-state index contributed by atoms with van der Waals surface area (Å²) < 4.78 is 0. The van der Waals surface area contributed by atoms with E-state index in [2.05, 4.69) is 21.3 Å². The molecule has 1 aromatic rings. The second kappa shape index (κ2) is 13.0. The summed E-state index contributed by atoms with van der Waals surface area (Å²) >= 11 is 0. The largest absolute Gasteiger partial charge is 0.481 e. The molecular weight excluding hydrogens is 462 g/mol. The monoisotopic (exact) mass is 491 g/mol. The van der Waals surface area contributed by atoms with Crippen LogP contribution in [-0.2, 0) is 35.2 Å². The standard InChI is InChI=1S/C22H29N5O8/c23-17(28)10-16(22(34)35)27-20(32)14(9-12-5-2-1-3-6-12)25-21(33)15(11-18(29)30)26-19(31)13-7-4-8-24-13/h1-3,5-6,13-16,24H,4,7-11H2,(H2,23,28)(H,25,33)(H,26,31)(H,27,32)(H,29,30)(H,34,35). The van der Waals surface area contributed by atoms with Gasteiger partial charge >= 0.3 is 11.9 Å². The summed E-state index contributed by atoms with van der Waals surface area (Å²) in [6.45, 7) is 0.614. The third-order valence-corrected chi connectivity index (χ3v) is 5.32. The van der Waals surface area contributed by atoms with Gasteiger partial charge in [-0.3, -0.25) is 24.0 Å². The Labute approximate surface area is 200 Å². The van der Waals surface area contributed by atoms with Crippen LogP contribution in [0.3, 0.4) is 0 Å². The van der Waals surface area contributed by atoms with Crippen molar-refractivity contribution in [2.45, 2.75) is 56.3 Å². The number of benzene rings is 1. The van der Waals surface area contributed by atoms with E-state index in [0.717, 1.165) is 6.42 Å². The van der Waals surface area contributed by atoms with E-state index in [9.17, 15) is 39.0 Å². The molecule has 8 N–H and O–H groups in total. The molecule has 0 radical (unpaired) electrons. The number of amides is 4. The molecule has 1 saturated heterocycles. The van der Waals surface area contributed by atoms with Gasteiger partial charge in [-0.1, -0.05) is 30.3 Å². The fourth-order valence-electron chi connectivity index (χ4n) is 3.57. The highest BCUT2D eigenvalue weighted by atomic mass is 16.4. The quantitative estimate of drug-likeness (QED) is 0.160. The number of primary amides is 1. The maximum atomic E-state index is 13.0. The van der Waals surface area contributed by atoms with E-state index in [-0.39, 0.29) is 6.42 Å². The van der Waals surface area contributed by atoms with E-state index in [4.69, 9.17) is 5.73 Å². The van der Waals surface area contributed by atoms with Crippen LogP contribution in [0.5, 0.6) is 0 Å². The van der Waals surface area contributed by atoms with Crippen molar-refractivity contribution in [3.63, 3.8) is 0 Å². The van der Waals surface area contributed by atoms with Crippen LogP contribution >= 0.6 is 0 Å². The van der Waals surface area contributed by atoms with Crippen molar-refractivity contribution in [3.05, 3.63) is 35.9 Å². The lowest BCUT2D eigenvalue weighted by molar-refractivity contribution is -0.144. The van der Waals surface area contributed by atoms with Gasteiger partial charge in [0.15, 0.2) is 0 Å². The number of hydrogen-bond acceptors (Lipinski definition) is 7. The number of hydrogen-bond donors (Lipinski definition) is 7. The molecule has 13 heteroatoms. The van der Waals surface area contributed by atoms with Gasteiger partial charge in [-0.2, -0.15) is 0 Å². The third-order valence-electron chi connectivity index (χ3n) is 5.32. The van der Waals surface area contributed by atoms with Gasteiger partial charge in [-0.05, 0) is 24.9 Å². The normalized spacial score (nSPS) is 17.4. The van der Waals surface area contributed by atoms with E-state index >= 15 is 0 Å². The van der Waals surface area contributed by atoms with Crippen LogP contribution in [0.1, 0.15) is 31.2 Å². The number of rotatable bonds is 13. The Hall–Kier alpha value is -4.00. The van der Waals surface area contributed by atoms with Gasteiger partial charge in [0.25, 0.3) is 0 Å². The molecule has 0 bridgehead atoms. The number of aliphatic carboxylic acids is 2. The van der Waals surface area contributed by atoms with Gasteiger partial charge in [0.2, 0.25) is 23.6 Å². The molecule has 2 rings (SSSR count).